The average Bonchev–Trinajstić information content (AvgIpc) is 3.16. The van der Waals surface area contributed by atoms with Crippen LogP contribution in [0.5, 0.6) is 0 Å². The van der Waals surface area contributed by atoms with Crippen LogP contribution in [-0.4, -0.2) is 36.6 Å². The summed E-state index contributed by atoms with van der Waals surface area (Å²) in [4.78, 5) is 57.3. The first-order chi connectivity index (χ1) is 16.3. The molecule has 1 atom stereocenters. The number of hydrogen-bond acceptors (Lipinski definition) is 7. The molecule has 2 aromatic heterocycles. The highest BCUT2D eigenvalue weighted by Crippen LogP contribution is 2.29. The molecule has 10 nitrogen and oxygen atoms in total. The number of H-pyrrole nitrogens is 1. The summed E-state index contributed by atoms with van der Waals surface area (Å²) >= 11 is 0. The van der Waals surface area contributed by atoms with Crippen LogP contribution in [0.3, 0.4) is 0 Å². The molecular weight excluding hydrogens is 440 g/mol. The Bertz CT molecular complexity index is 1370. The van der Waals surface area contributed by atoms with Crippen molar-refractivity contribution in [1.29, 1.82) is 0 Å². The molecule has 3 heterocycles. The molecule has 0 spiro atoms. The van der Waals surface area contributed by atoms with Crippen molar-refractivity contribution in [2.75, 3.05) is 0 Å². The average molecular weight is 469 g/mol. The lowest BCUT2D eigenvalue weighted by molar-refractivity contribution is -0.166. The van der Waals surface area contributed by atoms with Gasteiger partial charge in [-0.25, -0.2) is 19.4 Å². The van der Waals surface area contributed by atoms with E-state index in [2.05, 4.69) is 9.97 Å². The van der Waals surface area contributed by atoms with Crippen molar-refractivity contribution in [3.05, 3.63) is 62.1 Å². The van der Waals surface area contributed by atoms with Crippen molar-refractivity contribution in [2.24, 2.45) is 0 Å². The molecule has 1 N–H and O–H groups in total. The Labute approximate surface area is 195 Å². The Balaban J connectivity index is 1.64. The van der Waals surface area contributed by atoms with Crippen molar-refractivity contribution in [3.63, 3.8) is 0 Å². The second-order valence-corrected chi connectivity index (χ2v) is 8.65. The smallest absolute Gasteiger partial charge is 0.351 e. The number of benzene rings is 1. The van der Waals surface area contributed by atoms with E-state index >= 15 is 0 Å². The second kappa shape index (κ2) is 9.28. The van der Waals surface area contributed by atoms with Crippen molar-refractivity contribution in [3.8, 4) is 0 Å². The van der Waals surface area contributed by atoms with Gasteiger partial charge in [0.2, 0.25) is 5.60 Å². The molecule has 0 amide bonds. The van der Waals surface area contributed by atoms with E-state index in [9.17, 15) is 19.2 Å². The van der Waals surface area contributed by atoms with Crippen LogP contribution in [0.15, 0.2) is 33.9 Å². The van der Waals surface area contributed by atoms with E-state index in [0.717, 1.165) is 12.8 Å². The monoisotopic (exact) mass is 468 g/mol. The molecule has 0 aliphatic carbocycles. The maximum atomic E-state index is 13.0. The Morgan fingerprint density at radius 3 is 2.65 bits per heavy atom. The van der Waals surface area contributed by atoms with Gasteiger partial charge in [0.05, 0.1) is 5.56 Å². The van der Waals surface area contributed by atoms with Crippen LogP contribution >= 0.6 is 0 Å². The summed E-state index contributed by atoms with van der Waals surface area (Å²) in [7, 11) is 0. The number of cyclic esters (lactones) is 1. The van der Waals surface area contributed by atoms with Gasteiger partial charge in [-0.05, 0) is 31.4 Å². The van der Waals surface area contributed by atoms with Gasteiger partial charge >= 0.3 is 17.6 Å². The fraction of sp³-hybridized carbons (Fsp3) is 0.458. The third kappa shape index (κ3) is 4.15. The van der Waals surface area contributed by atoms with Gasteiger partial charge in [-0.3, -0.25) is 14.3 Å². The minimum atomic E-state index is -1.48. The van der Waals surface area contributed by atoms with Crippen molar-refractivity contribution < 1.29 is 19.1 Å². The molecule has 1 aromatic carbocycles. The lowest BCUT2D eigenvalue weighted by Crippen LogP contribution is -2.46. The minimum absolute atomic E-state index is 0.190. The van der Waals surface area contributed by atoms with Crippen molar-refractivity contribution in [1.82, 2.24) is 19.1 Å². The fourth-order valence-corrected chi connectivity index (χ4v) is 4.25. The highest BCUT2D eigenvalue weighted by molar-refractivity contribution is 5.96. The number of fused-ring (bicyclic) bond motifs is 2. The first-order valence-corrected chi connectivity index (χ1v) is 11.5. The second-order valence-electron chi connectivity index (χ2n) is 8.65. The molecule has 1 aliphatic rings. The topological polar surface area (TPSA) is 125 Å². The van der Waals surface area contributed by atoms with E-state index < -0.39 is 28.8 Å². The Morgan fingerprint density at radius 2 is 1.91 bits per heavy atom. The Morgan fingerprint density at radius 1 is 1.15 bits per heavy atom. The molecule has 0 saturated carbocycles. The SMILES string of the molecule is CCCCn1c(=O)[nH]c(=O)c2c1nc(COC(=O)C1(C)Cc3ccccc3C(=O)O1)n2CCC. The molecule has 180 valence electrons. The minimum Gasteiger partial charge on any atom is -0.455 e. The number of ether oxygens (including phenoxy) is 2. The highest BCUT2D eigenvalue weighted by Gasteiger charge is 2.44. The van der Waals surface area contributed by atoms with Crippen LogP contribution in [0.2, 0.25) is 0 Å². The van der Waals surface area contributed by atoms with Gasteiger partial charge in [-0.2, -0.15) is 0 Å². The van der Waals surface area contributed by atoms with Gasteiger partial charge < -0.3 is 14.0 Å². The summed E-state index contributed by atoms with van der Waals surface area (Å²) in [5.74, 6) is -0.938. The van der Waals surface area contributed by atoms with E-state index in [0.29, 0.717) is 36.5 Å². The number of carbonyl (C=O) groups is 2. The van der Waals surface area contributed by atoms with Crippen LogP contribution in [0.1, 0.15) is 61.8 Å². The van der Waals surface area contributed by atoms with Gasteiger partial charge in [-0.1, -0.05) is 38.5 Å². The summed E-state index contributed by atoms with van der Waals surface area (Å²) in [6.07, 6.45) is 2.51. The molecule has 0 bridgehead atoms. The van der Waals surface area contributed by atoms with E-state index in [1.165, 1.54) is 11.5 Å². The van der Waals surface area contributed by atoms with Crippen molar-refractivity contribution in [2.45, 2.75) is 71.8 Å². The number of aromatic nitrogens is 4. The summed E-state index contributed by atoms with van der Waals surface area (Å²) in [5, 5.41) is 0. The summed E-state index contributed by atoms with van der Waals surface area (Å²) < 4.78 is 14.1. The number of nitrogens with zero attached hydrogens (tertiary/aromatic N) is 3. The van der Waals surface area contributed by atoms with Crippen LogP contribution in [0.4, 0.5) is 0 Å². The normalized spacial score (nSPS) is 17.4. The number of nitrogens with one attached hydrogen (secondary N) is 1. The molecule has 10 heteroatoms. The lowest BCUT2D eigenvalue weighted by atomic mass is 9.90. The largest absolute Gasteiger partial charge is 0.455 e. The molecule has 4 rings (SSSR count). The Kier molecular flexibility index (Phi) is 6.41. The number of esters is 2. The van der Waals surface area contributed by atoms with Crippen LogP contribution < -0.4 is 11.2 Å². The molecule has 0 radical (unpaired) electrons. The predicted molar refractivity (Wildman–Crippen MR) is 124 cm³/mol. The highest BCUT2D eigenvalue weighted by atomic mass is 16.6. The molecule has 0 fully saturated rings. The number of aryl methyl sites for hydroxylation is 2. The van der Waals surface area contributed by atoms with E-state index in [4.69, 9.17) is 9.47 Å². The summed E-state index contributed by atoms with van der Waals surface area (Å²) in [5.41, 5.74) is -0.844. The predicted octanol–water partition coefficient (Wildman–Crippen LogP) is 2.31. The van der Waals surface area contributed by atoms with Gasteiger partial charge in [-0.15, -0.1) is 0 Å². The first-order valence-electron chi connectivity index (χ1n) is 11.5. The maximum Gasteiger partial charge on any atom is 0.351 e. The van der Waals surface area contributed by atoms with Gasteiger partial charge in [0.1, 0.15) is 12.4 Å². The third-order valence-corrected chi connectivity index (χ3v) is 5.99. The van der Waals surface area contributed by atoms with E-state index in [1.807, 2.05) is 13.8 Å². The van der Waals surface area contributed by atoms with Gasteiger partial charge in [0.15, 0.2) is 11.2 Å². The zero-order valence-corrected chi connectivity index (χ0v) is 19.6. The quantitative estimate of drug-likeness (QED) is 0.503. The molecule has 34 heavy (non-hydrogen) atoms. The summed E-state index contributed by atoms with van der Waals surface area (Å²) in [6, 6.07) is 6.97. The van der Waals surface area contributed by atoms with E-state index in [1.54, 1.807) is 28.8 Å². The van der Waals surface area contributed by atoms with Crippen molar-refractivity contribution >= 4 is 23.1 Å². The fourth-order valence-electron chi connectivity index (χ4n) is 4.25. The van der Waals surface area contributed by atoms with Crippen LogP contribution in [0, 0.1) is 0 Å². The first kappa shape index (κ1) is 23.5. The van der Waals surface area contributed by atoms with Crippen LogP contribution in [0.25, 0.3) is 11.2 Å². The third-order valence-electron chi connectivity index (χ3n) is 5.99. The summed E-state index contributed by atoms with van der Waals surface area (Å²) in [6.45, 7) is 6.11. The number of hydrogen-bond donors (Lipinski definition) is 1. The zero-order chi connectivity index (χ0) is 24.5. The lowest BCUT2D eigenvalue weighted by Gasteiger charge is -2.32. The molecule has 1 unspecified atom stereocenters. The maximum absolute atomic E-state index is 13.0. The molecular formula is C24H28N4O6. The van der Waals surface area contributed by atoms with Gasteiger partial charge in [0.25, 0.3) is 5.56 Å². The number of carbonyl (C=O) groups excluding carboxylic acids is 2. The standard InChI is InChI=1S/C24H28N4O6/c1-4-6-12-28-19-18(20(29)26-23(28)32)27(11-5-2)17(25-19)14-33-22(31)24(3)13-15-9-7-8-10-16(15)21(30)34-24/h7-10H,4-6,11-14H2,1-3H3,(H,26,29,32). The number of aromatic amines is 1. The molecule has 0 saturated heterocycles. The zero-order valence-electron chi connectivity index (χ0n) is 19.6. The molecule has 3 aromatic rings. The number of imidazole rings is 1. The van der Waals surface area contributed by atoms with Crippen LogP contribution in [-0.2, 0) is 40.4 Å². The molecule has 1 aliphatic heterocycles. The number of rotatable bonds is 8. The number of unbranched alkanes of at least 4 members (excludes halogenated alkanes) is 1. The van der Waals surface area contributed by atoms with E-state index in [-0.39, 0.29) is 24.2 Å². The Hall–Kier alpha value is -3.69. The van der Waals surface area contributed by atoms with Gasteiger partial charge in [0, 0.05) is 19.5 Å².